The van der Waals surface area contributed by atoms with Gasteiger partial charge in [-0.1, -0.05) is 18.2 Å². The van der Waals surface area contributed by atoms with Crippen LogP contribution in [0.3, 0.4) is 0 Å². The number of halogens is 1. The fourth-order valence-electron chi connectivity index (χ4n) is 2.06. The first-order valence-electron chi connectivity index (χ1n) is 6.32. The molecule has 0 aliphatic heterocycles. The molecule has 21 heavy (non-hydrogen) atoms. The van der Waals surface area contributed by atoms with Crippen LogP contribution in [0.15, 0.2) is 53.3 Å². The number of imidazole rings is 1. The summed E-state index contributed by atoms with van der Waals surface area (Å²) in [5.74, 6) is -0.644. The summed E-state index contributed by atoms with van der Waals surface area (Å²) in [7, 11) is 0. The van der Waals surface area contributed by atoms with Crippen molar-refractivity contribution in [1.82, 2.24) is 9.97 Å². The molecule has 0 atom stereocenters. The molecule has 2 N–H and O–H groups in total. The van der Waals surface area contributed by atoms with Gasteiger partial charge in [0.25, 0.3) is 0 Å². The highest BCUT2D eigenvalue weighted by Crippen LogP contribution is 2.13. The summed E-state index contributed by atoms with van der Waals surface area (Å²) < 4.78 is 13.4. The molecule has 0 radical (unpaired) electrons. The smallest absolute Gasteiger partial charge is 0.306 e. The number of allylic oxidation sites excluding steroid dienone is 1. The lowest BCUT2D eigenvalue weighted by Gasteiger charge is -1.97. The summed E-state index contributed by atoms with van der Waals surface area (Å²) in [5.41, 5.74) is 1.64. The molecule has 1 heterocycles. The Morgan fingerprint density at radius 1 is 1.05 bits per heavy atom. The lowest BCUT2D eigenvalue weighted by molar-refractivity contribution is 0.104. The van der Waals surface area contributed by atoms with E-state index < -0.39 is 0 Å². The molecule has 1 aromatic heterocycles. The van der Waals surface area contributed by atoms with Crippen LogP contribution in [0.4, 0.5) is 4.39 Å². The Hall–Kier alpha value is -2.95. The molecule has 0 saturated carbocycles. The fourth-order valence-corrected chi connectivity index (χ4v) is 2.06. The van der Waals surface area contributed by atoms with Crippen molar-refractivity contribution in [2.75, 3.05) is 0 Å². The number of aromatic nitrogens is 2. The number of benzene rings is 2. The van der Waals surface area contributed by atoms with Crippen molar-refractivity contribution in [2.24, 2.45) is 0 Å². The second kappa shape index (κ2) is 5.20. The molecule has 0 spiro atoms. The zero-order valence-corrected chi connectivity index (χ0v) is 10.9. The van der Waals surface area contributed by atoms with Crippen molar-refractivity contribution in [2.45, 2.75) is 0 Å². The van der Waals surface area contributed by atoms with E-state index in [1.54, 1.807) is 36.4 Å². The standard InChI is InChI=1S/C16H11FN2O2/c17-12-4-2-1-3-10(12)6-8-15(20)11-5-7-13-14(9-11)19-16(21)18-13/h1-9H,(H2,18,19,21). The second-order valence-electron chi connectivity index (χ2n) is 4.56. The molecule has 3 aromatic rings. The second-order valence-corrected chi connectivity index (χ2v) is 4.56. The fraction of sp³-hybridized carbons (Fsp3) is 0. The van der Waals surface area contributed by atoms with E-state index in [9.17, 15) is 14.0 Å². The minimum Gasteiger partial charge on any atom is -0.306 e. The summed E-state index contributed by atoms with van der Waals surface area (Å²) in [5, 5.41) is 0. The maximum atomic E-state index is 13.4. The number of fused-ring (bicyclic) bond motifs is 1. The van der Waals surface area contributed by atoms with Crippen LogP contribution in [0.1, 0.15) is 15.9 Å². The van der Waals surface area contributed by atoms with Gasteiger partial charge in [0.1, 0.15) is 5.82 Å². The van der Waals surface area contributed by atoms with Crippen molar-refractivity contribution in [3.8, 4) is 0 Å². The van der Waals surface area contributed by atoms with Gasteiger partial charge >= 0.3 is 5.69 Å². The normalized spacial score (nSPS) is 11.3. The van der Waals surface area contributed by atoms with Crippen LogP contribution in [0, 0.1) is 5.82 Å². The number of carbonyl (C=O) groups is 1. The molecule has 0 amide bonds. The Labute approximate surface area is 118 Å². The first kappa shape index (κ1) is 13.1. The third kappa shape index (κ3) is 2.67. The summed E-state index contributed by atoms with van der Waals surface area (Å²) in [6, 6.07) is 11.1. The first-order chi connectivity index (χ1) is 10.1. The molecule has 0 aliphatic carbocycles. The van der Waals surface area contributed by atoms with Crippen molar-refractivity contribution in [3.63, 3.8) is 0 Å². The van der Waals surface area contributed by atoms with E-state index in [2.05, 4.69) is 9.97 Å². The largest absolute Gasteiger partial charge is 0.323 e. The van der Waals surface area contributed by atoms with Gasteiger partial charge in [-0.3, -0.25) is 4.79 Å². The molecule has 0 unspecified atom stereocenters. The number of carbonyl (C=O) groups excluding carboxylic acids is 1. The van der Waals surface area contributed by atoms with Crippen molar-refractivity contribution in [1.29, 1.82) is 0 Å². The van der Waals surface area contributed by atoms with Crippen molar-refractivity contribution >= 4 is 22.9 Å². The average Bonchev–Trinajstić information content (AvgIpc) is 2.85. The number of aromatic amines is 2. The van der Waals surface area contributed by atoms with Gasteiger partial charge < -0.3 is 9.97 Å². The minimum atomic E-state index is -0.382. The maximum Gasteiger partial charge on any atom is 0.323 e. The number of nitrogens with one attached hydrogen (secondary N) is 2. The lowest BCUT2D eigenvalue weighted by Crippen LogP contribution is -1.99. The van der Waals surface area contributed by atoms with Gasteiger partial charge in [-0.15, -0.1) is 0 Å². The summed E-state index contributed by atoms with van der Waals surface area (Å²) >= 11 is 0. The zero-order chi connectivity index (χ0) is 14.8. The highest BCUT2D eigenvalue weighted by molar-refractivity contribution is 6.08. The van der Waals surface area contributed by atoms with Crippen LogP contribution < -0.4 is 5.69 Å². The van der Waals surface area contributed by atoms with Crippen LogP contribution in [0.25, 0.3) is 17.1 Å². The number of ketones is 1. The highest BCUT2D eigenvalue weighted by Gasteiger charge is 2.05. The molecule has 104 valence electrons. The van der Waals surface area contributed by atoms with Gasteiger partial charge in [0.05, 0.1) is 11.0 Å². The average molecular weight is 282 g/mol. The topological polar surface area (TPSA) is 65.7 Å². The van der Waals surface area contributed by atoms with E-state index in [0.29, 0.717) is 22.2 Å². The predicted molar refractivity (Wildman–Crippen MR) is 78.7 cm³/mol. The zero-order valence-electron chi connectivity index (χ0n) is 10.9. The molecular formula is C16H11FN2O2. The number of rotatable bonds is 3. The molecule has 0 saturated heterocycles. The Morgan fingerprint density at radius 3 is 2.62 bits per heavy atom. The van der Waals surface area contributed by atoms with E-state index in [4.69, 9.17) is 0 Å². The molecule has 0 bridgehead atoms. The van der Waals surface area contributed by atoms with Crippen LogP contribution >= 0.6 is 0 Å². The van der Waals surface area contributed by atoms with Gasteiger partial charge in [0, 0.05) is 11.1 Å². The minimum absolute atomic E-state index is 0.262. The third-order valence-electron chi connectivity index (χ3n) is 3.12. The molecule has 0 fully saturated rings. The Kier molecular flexibility index (Phi) is 3.23. The van der Waals surface area contributed by atoms with Crippen molar-refractivity contribution < 1.29 is 9.18 Å². The summed E-state index contributed by atoms with van der Waals surface area (Å²) in [4.78, 5) is 28.4. The van der Waals surface area contributed by atoms with Crippen LogP contribution in [-0.2, 0) is 0 Å². The Morgan fingerprint density at radius 2 is 1.81 bits per heavy atom. The lowest BCUT2D eigenvalue weighted by atomic mass is 10.1. The van der Waals surface area contributed by atoms with Gasteiger partial charge in [0.2, 0.25) is 0 Å². The predicted octanol–water partition coefficient (Wildman–Crippen LogP) is 2.89. The van der Waals surface area contributed by atoms with E-state index in [-0.39, 0.29) is 17.3 Å². The van der Waals surface area contributed by atoms with Gasteiger partial charge in [0.15, 0.2) is 5.78 Å². The van der Waals surface area contributed by atoms with E-state index in [1.165, 1.54) is 18.2 Å². The third-order valence-corrected chi connectivity index (χ3v) is 3.12. The molecule has 0 aliphatic rings. The monoisotopic (exact) mass is 282 g/mol. The van der Waals surface area contributed by atoms with Crippen LogP contribution in [0.5, 0.6) is 0 Å². The Bertz CT molecular complexity index is 906. The van der Waals surface area contributed by atoms with E-state index >= 15 is 0 Å². The van der Waals surface area contributed by atoms with Crippen molar-refractivity contribution in [3.05, 3.63) is 76.0 Å². The van der Waals surface area contributed by atoms with E-state index in [0.717, 1.165) is 0 Å². The number of H-pyrrole nitrogens is 2. The quantitative estimate of drug-likeness (QED) is 0.573. The molecule has 3 rings (SSSR count). The Balaban J connectivity index is 1.90. The van der Waals surface area contributed by atoms with E-state index in [1.807, 2.05) is 0 Å². The maximum absolute atomic E-state index is 13.4. The summed E-state index contributed by atoms with van der Waals surface area (Å²) in [6.45, 7) is 0. The molecular weight excluding hydrogens is 271 g/mol. The number of hydrogen-bond donors (Lipinski definition) is 2. The van der Waals surface area contributed by atoms with Gasteiger partial charge in [-0.25, -0.2) is 9.18 Å². The molecule has 2 aromatic carbocycles. The van der Waals surface area contributed by atoms with Gasteiger partial charge in [-0.2, -0.15) is 0 Å². The van der Waals surface area contributed by atoms with Gasteiger partial charge in [-0.05, 0) is 36.4 Å². The molecule has 4 nitrogen and oxygen atoms in total. The molecule has 5 heteroatoms. The summed E-state index contributed by atoms with van der Waals surface area (Å²) in [6.07, 6.45) is 2.74. The number of hydrogen-bond acceptors (Lipinski definition) is 2. The first-order valence-corrected chi connectivity index (χ1v) is 6.32. The SMILES string of the molecule is O=C(C=Cc1ccccc1F)c1ccc2[nH]c(=O)[nH]c2c1. The highest BCUT2D eigenvalue weighted by atomic mass is 19.1. The van der Waals surface area contributed by atoms with Crippen LogP contribution in [-0.4, -0.2) is 15.8 Å². The van der Waals surface area contributed by atoms with Crippen LogP contribution in [0.2, 0.25) is 0 Å².